The van der Waals surface area contributed by atoms with E-state index in [9.17, 15) is 4.57 Å². The van der Waals surface area contributed by atoms with Crippen LogP contribution in [-0.4, -0.2) is 9.97 Å². The third kappa shape index (κ3) is 3.24. The second-order valence-electron chi connectivity index (χ2n) is 7.12. The van der Waals surface area contributed by atoms with Gasteiger partial charge in [-0.05, 0) is 17.7 Å². The molecule has 0 aliphatic carbocycles. The fourth-order valence-corrected chi connectivity index (χ4v) is 6.36. The first-order valence-corrected chi connectivity index (χ1v) is 11.5. The molecule has 0 aliphatic heterocycles. The van der Waals surface area contributed by atoms with Crippen molar-refractivity contribution in [3.05, 3.63) is 116 Å². The molecule has 4 heteroatoms. The first-order valence-electron chi connectivity index (χ1n) is 9.77. The van der Waals surface area contributed by atoms with E-state index in [1.807, 2.05) is 97.2 Å². The maximum absolute atomic E-state index is 14.4. The number of fused-ring (bicyclic) bond motifs is 1. The van der Waals surface area contributed by atoms with Crippen LogP contribution in [0, 0.1) is 0 Å². The Bertz CT molecular complexity index is 1310. The predicted octanol–water partition coefficient (Wildman–Crippen LogP) is 4.94. The van der Waals surface area contributed by atoms with Gasteiger partial charge in [0.2, 0.25) is 0 Å². The number of hydrogen-bond donors (Lipinski definition) is 0. The second kappa shape index (κ2) is 7.70. The Morgan fingerprint density at radius 2 is 1.20 bits per heavy atom. The Morgan fingerprint density at radius 1 is 0.600 bits per heavy atom. The van der Waals surface area contributed by atoms with Crippen molar-refractivity contribution >= 4 is 34.0 Å². The van der Waals surface area contributed by atoms with Gasteiger partial charge in [0.25, 0.3) is 0 Å². The van der Waals surface area contributed by atoms with E-state index >= 15 is 0 Å². The maximum Gasteiger partial charge on any atom is 0.171 e. The predicted molar refractivity (Wildman–Crippen MR) is 124 cm³/mol. The largest absolute Gasteiger partial charge is 0.309 e. The van der Waals surface area contributed by atoms with Crippen LogP contribution in [0.5, 0.6) is 0 Å². The van der Waals surface area contributed by atoms with E-state index < -0.39 is 7.14 Å². The number of pyridine rings is 2. The molecule has 0 N–H and O–H groups in total. The first kappa shape index (κ1) is 18.5. The summed E-state index contributed by atoms with van der Waals surface area (Å²) in [6, 6.07) is 31.5. The zero-order valence-corrected chi connectivity index (χ0v) is 17.1. The van der Waals surface area contributed by atoms with E-state index in [4.69, 9.17) is 0 Å². The number of nitrogens with zero attached hydrogens (tertiary/aromatic N) is 2. The number of rotatable bonds is 4. The van der Waals surface area contributed by atoms with E-state index in [-0.39, 0.29) is 0 Å². The van der Waals surface area contributed by atoms with Crippen LogP contribution in [0.4, 0.5) is 0 Å². The van der Waals surface area contributed by atoms with Gasteiger partial charge < -0.3 is 4.57 Å². The van der Waals surface area contributed by atoms with Gasteiger partial charge in [-0.2, -0.15) is 0 Å². The standard InChI is InChI=1S/C26H19N2OP/c29-30(23-7-3-1-4-8-23,24-9-5-2-6-10-24)25-13-11-20(12-14-25)22-17-21-15-16-27-19-26(21)28-18-22/h1-19H. The highest BCUT2D eigenvalue weighted by Gasteiger charge is 2.29. The van der Waals surface area contributed by atoms with E-state index in [0.29, 0.717) is 0 Å². The summed E-state index contributed by atoms with van der Waals surface area (Å²) in [6.45, 7) is 0. The topological polar surface area (TPSA) is 42.9 Å². The normalized spacial score (nSPS) is 11.5. The fraction of sp³-hybridized carbons (Fsp3) is 0. The molecule has 0 spiro atoms. The molecule has 0 saturated carbocycles. The van der Waals surface area contributed by atoms with Gasteiger partial charge in [0.15, 0.2) is 7.14 Å². The lowest BCUT2D eigenvalue weighted by atomic mass is 10.1. The van der Waals surface area contributed by atoms with Gasteiger partial charge in [0, 0.05) is 39.3 Å². The van der Waals surface area contributed by atoms with Gasteiger partial charge in [0.1, 0.15) is 0 Å². The van der Waals surface area contributed by atoms with Gasteiger partial charge in [-0.15, -0.1) is 0 Å². The molecule has 30 heavy (non-hydrogen) atoms. The first-order chi connectivity index (χ1) is 14.7. The maximum atomic E-state index is 14.4. The van der Waals surface area contributed by atoms with Gasteiger partial charge in [-0.3, -0.25) is 9.97 Å². The van der Waals surface area contributed by atoms with Gasteiger partial charge in [-0.1, -0.05) is 84.9 Å². The minimum Gasteiger partial charge on any atom is -0.309 e. The monoisotopic (exact) mass is 406 g/mol. The highest BCUT2D eigenvalue weighted by atomic mass is 31.2. The number of benzene rings is 3. The van der Waals surface area contributed by atoms with E-state index in [2.05, 4.69) is 16.0 Å². The van der Waals surface area contributed by atoms with Crippen LogP contribution in [0.1, 0.15) is 0 Å². The lowest BCUT2D eigenvalue weighted by Gasteiger charge is -2.20. The third-order valence-electron chi connectivity index (χ3n) is 5.29. The highest BCUT2D eigenvalue weighted by molar-refractivity contribution is 7.85. The van der Waals surface area contributed by atoms with E-state index in [1.165, 1.54) is 0 Å². The van der Waals surface area contributed by atoms with Crippen LogP contribution in [0.2, 0.25) is 0 Å². The molecule has 0 saturated heterocycles. The highest BCUT2D eigenvalue weighted by Crippen LogP contribution is 2.42. The molecule has 0 unspecified atom stereocenters. The minimum absolute atomic E-state index is 0.821. The van der Waals surface area contributed by atoms with E-state index in [0.717, 1.165) is 37.9 Å². The van der Waals surface area contributed by atoms with Crippen molar-refractivity contribution in [3.63, 3.8) is 0 Å². The molecular formula is C26H19N2OP. The summed E-state index contributed by atoms with van der Waals surface area (Å²) in [5.74, 6) is 0. The zero-order valence-electron chi connectivity index (χ0n) is 16.2. The molecule has 0 radical (unpaired) electrons. The SMILES string of the molecule is O=P(c1ccccc1)(c1ccccc1)c1ccc(-c2cnc3cnccc3c2)cc1. The van der Waals surface area contributed by atoms with Crippen LogP contribution in [0.25, 0.3) is 22.0 Å². The molecule has 0 amide bonds. The van der Waals surface area contributed by atoms with Crippen molar-refractivity contribution in [1.29, 1.82) is 0 Å². The summed E-state index contributed by atoms with van der Waals surface area (Å²) in [7, 11) is -2.95. The van der Waals surface area contributed by atoms with Crippen molar-refractivity contribution in [2.45, 2.75) is 0 Å². The lowest BCUT2D eigenvalue weighted by molar-refractivity contribution is 0.592. The summed E-state index contributed by atoms with van der Waals surface area (Å²) in [5, 5.41) is 3.54. The van der Waals surface area contributed by atoms with Gasteiger partial charge >= 0.3 is 0 Å². The number of hydrogen-bond acceptors (Lipinski definition) is 3. The van der Waals surface area contributed by atoms with Crippen LogP contribution in [0.15, 0.2) is 116 Å². The molecular weight excluding hydrogens is 387 g/mol. The molecule has 5 aromatic rings. The third-order valence-corrected chi connectivity index (χ3v) is 8.37. The molecule has 3 aromatic carbocycles. The van der Waals surface area contributed by atoms with Crippen LogP contribution in [0.3, 0.4) is 0 Å². The average molecular weight is 406 g/mol. The molecule has 0 atom stereocenters. The molecule has 0 bridgehead atoms. The Kier molecular flexibility index (Phi) is 4.74. The second-order valence-corrected chi connectivity index (χ2v) is 9.89. The Morgan fingerprint density at radius 3 is 1.83 bits per heavy atom. The Hall–Kier alpha value is -3.55. The summed E-state index contributed by atoms with van der Waals surface area (Å²) in [4.78, 5) is 8.62. The summed E-state index contributed by atoms with van der Waals surface area (Å²) in [6.07, 6.45) is 5.39. The molecule has 0 aliphatic rings. The Labute approximate surface area is 175 Å². The van der Waals surface area contributed by atoms with Gasteiger partial charge in [0.05, 0.1) is 11.7 Å². The van der Waals surface area contributed by atoms with Crippen LogP contribution >= 0.6 is 7.14 Å². The van der Waals surface area contributed by atoms with Crippen molar-refractivity contribution in [2.24, 2.45) is 0 Å². The molecule has 2 heterocycles. The molecule has 0 fully saturated rings. The van der Waals surface area contributed by atoms with E-state index in [1.54, 1.807) is 12.4 Å². The molecule has 2 aromatic heterocycles. The Balaban J connectivity index is 1.60. The van der Waals surface area contributed by atoms with Crippen molar-refractivity contribution < 1.29 is 4.57 Å². The van der Waals surface area contributed by atoms with Gasteiger partial charge in [-0.25, -0.2) is 0 Å². The summed E-state index contributed by atoms with van der Waals surface area (Å²) >= 11 is 0. The number of aromatic nitrogens is 2. The quantitative estimate of drug-likeness (QED) is 0.397. The summed E-state index contributed by atoms with van der Waals surface area (Å²) < 4.78 is 14.4. The van der Waals surface area contributed by atoms with Crippen molar-refractivity contribution in [3.8, 4) is 11.1 Å². The zero-order chi connectivity index (χ0) is 20.4. The minimum atomic E-state index is -2.95. The van der Waals surface area contributed by atoms with Crippen LogP contribution in [-0.2, 0) is 4.57 Å². The van der Waals surface area contributed by atoms with Crippen LogP contribution < -0.4 is 15.9 Å². The van der Waals surface area contributed by atoms with Crippen molar-refractivity contribution in [1.82, 2.24) is 9.97 Å². The lowest BCUT2D eigenvalue weighted by Crippen LogP contribution is -2.24. The molecule has 5 rings (SSSR count). The molecule has 144 valence electrons. The fourth-order valence-electron chi connectivity index (χ4n) is 3.72. The average Bonchev–Trinajstić information content (AvgIpc) is 2.84. The molecule has 3 nitrogen and oxygen atoms in total. The summed E-state index contributed by atoms with van der Waals surface area (Å²) in [5.41, 5.74) is 2.93. The van der Waals surface area contributed by atoms with Crippen molar-refractivity contribution in [2.75, 3.05) is 0 Å². The smallest absolute Gasteiger partial charge is 0.171 e.